The van der Waals surface area contributed by atoms with Gasteiger partial charge in [0.15, 0.2) is 0 Å². The standard InChI is InChI=1S/C30H37N/c1-20-10-14-23(15-11-20)31-26-16-12-21(28(2,3)4)18-24(26)30(8,9)25-19-22(29(5,6)7)13-17-27(25)31/h10-19H,1-9H3. The van der Waals surface area contributed by atoms with Crippen LogP contribution >= 0.6 is 0 Å². The first-order valence-electron chi connectivity index (χ1n) is 11.5. The molecule has 0 fully saturated rings. The third-order valence-corrected chi connectivity index (χ3v) is 6.85. The van der Waals surface area contributed by atoms with Gasteiger partial charge in [-0.3, -0.25) is 0 Å². The number of hydrogen-bond acceptors (Lipinski definition) is 1. The van der Waals surface area contributed by atoms with E-state index < -0.39 is 0 Å². The molecule has 0 N–H and O–H groups in total. The third kappa shape index (κ3) is 3.69. The summed E-state index contributed by atoms with van der Waals surface area (Å²) in [5.41, 5.74) is 10.8. The Hall–Kier alpha value is -2.54. The number of aryl methyl sites for hydroxylation is 1. The first kappa shape index (κ1) is 21.7. The van der Waals surface area contributed by atoms with Gasteiger partial charge in [0.25, 0.3) is 0 Å². The number of nitrogens with zero attached hydrogens (tertiary/aromatic N) is 1. The predicted octanol–water partition coefficient (Wildman–Crippen LogP) is 8.70. The summed E-state index contributed by atoms with van der Waals surface area (Å²) in [5.74, 6) is 0. The lowest BCUT2D eigenvalue weighted by Gasteiger charge is -2.43. The van der Waals surface area contributed by atoms with E-state index >= 15 is 0 Å². The van der Waals surface area contributed by atoms with Crippen molar-refractivity contribution >= 4 is 17.1 Å². The molecule has 3 aromatic rings. The Morgan fingerprint density at radius 2 is 1.03 bits per heavy atom. The fourth-order valence-corrected chi connectivity index (χ4v) is 4.64. The van der Waals surface area contributed by atoms with E-state index in [1.54, 1.807) is 0 Å². The van der Waals surface area contributed by atoms with E-state index in [0.717, 1.165) is 0 Å². The molecule has 0 aliphatic carbocycles. The van der Waals surface area contributed by atoms with Gasteiger partial charge in [0.05, 0.1) is 11.4 Å². The number of benzene rings is 3. The highest BCUT2D eigenvalue weighted by Crippen LogP contribution is 2.53. The Balaban J connectivity index is 2.03. The van der Waals surface area contributed by atoms with E-state index in [-0.39, 0.29) is 16.2 Å². The molecule has 0 aromatic heterocycles. The van der Waals surface area contributed by atoms with Crippen LogP contribution in [-0.2, 0) is 16.2 Å². The smallest absolute Gasteiger partial charge is 0.0502 e. The Morgan fingerprint density at radius 3 is 1.42 bits per heavy atom. The maximum atomic E-state index is 2.45. The molecule has 162 valence electrons. The molecular formula is C30H37N. The predicted molar refractivity (Wildman–Crippen MR) is 135 cm³/mol. The quantitative estimate of drug-likeness (QED) is 0.387. The molecule has 4 rings (SSSR count). The number of hydrogen-bond donors (Lipinski definition) is 0. The maximum absolute atomic E-state index is 2.45. The molecule has 31 heavy (non-hydrogen) atoms. The van der Waals surface area contributed by atoms with Crippen molar-refractivity contribution in [3.05, 3.63) is 88.5 Å². The Morgan fingerprint density at radius 1 is 0.613 bits per heavy atom. The molecule has 1 heteroatoms. The minimum absolute atomic E-state index is 0.0750. The summed E-state index contributed by atoms with van der Waals surface area (Å²) in [6.45, 7) is 20.7. The molecule has 0 bridgehead atoms. The topological polar surface area (TPSA) is 3.24 Å². The second-order valence-electron chi connectivity index (χ2n) is 11.8. The minimum Gasteiger partial charge on any atom is -0.310 e. The molecule has 1 nitrogen and oxygen atoms in total. The Kier molecular flexibility index (Phi) is 4.89. The normalized spacial score (nSPS) is 15.5. The zero-order chi connectivity index (χ0) is 22.8. The van der Waals surface area contributed by atoms with Gasteiger partial charge in [0.2, 0.25) is 0 Å². The molecule has 0 unspecified atom stereocenters. The second kappa shape index (κ2) is 6.99. The lowest BCUT2D eigenvalue weighted by molar-refractivity contribution is 0.573. The fraction of sp³-hybridized carbons (Fsp3) is 0.400. The first-order chi connectivity index (χ1) is 14.3. The monoisotopic (exact) mass is 411 g/mol. The summed E-state index contributed by atoms with van der Waals surface area (Å²) in [6, 6.07) is 23.1. The Labute approximate surface area is 189 Å². The van der Waals surface area contributed by atoms with Gasteiger partial charge < -0.3 is 4.90 Å². The molecule has 0 saturated heterocycles. The molecular weight excluding hydrogens is 374 g/mol. The van der Waals surface area contributed by atoms with Crippen LogP contribution in [0.2, 0.25) is 0 Å². The number of anilines is 3. The largest absolute Gasteiger partial charge is 0.310 e. The van der Waals surface area contributed by atoms with Crippen molar-refractivity contribution < 1.29 is 0 Å². The molecule has 0 spiro atoms. The van der Waals surface area contributed by atoms with Crippen molar-refractivity contribution in [3.8, 4) is 0 Å². The van der Waals surface area contributed by atoms with E-state index in [1.165, 1.54) is 44.9 Å². The zero-order valence-corrected chi connectivity index (χ0v) is 20.7. The summed E-state index contributed by atoms with van der Waals surface area (Å²) in [4.78, 5) is 2.45. The van der Waals surface area contributed by atoms with Gasteiger partial charge in [0.1, 0.15) is 0 Å². The van der Waals surface area contributed by atoms with Crippen LogP contribution in [0.3, 0.4) is 0 Å². The lowest BCUT2D eigenvalue weighted by atomic mass is 9.70. The van der Waals surface area contributed by atoms with Crippen molar-refractivity contribution in [1.29, 1.82) is 0 Å². The molecule has 3 aromatic carbocycles. The third-order valence-electron chi connectivity index (χ3n) is 6.85. The van der Waals surface area contributed by atoms with Gasteiger partial charge in [-0.05, 0) is 64.3 Å². The average molecular weight is 412 g/mol. The lowest BCUT2D eigenvalue weighted by Crippen LogP contribution is -2.32. The molecule has 1 aliphatic rings. The minimum atomic E-state index is -0.0750. The van der Waals surface area contributed by atoms with E-state index in [2.05, 4.69) is 128 Å². The van der Waals surface area contributed by atoms with Crippen LogP contribution in [0.4, 0.5) is 17.1 Å². The summed E-state index contributed by atoms with van der Waals surface area (Å²) >= 11 is 0. The van der Waals surface area contributed by atoms with Gasteiger partial charge in [-0.2, -0.15) is 0 Å². The molecule has 0 saturated carbocycles. The highest BCUT2D eigenvalue weighted by molar-refractivity contribution is 5.86. The van der Waals surface area contributed by atoms with Gasteiger partial charge in [-0.25, -0.2) is 0 Å². The van der Waals surface area contributed by atoms with Crippen LogP contribution in [0.1, 0.15) is 83.2 Å². The first-order valence-corrected chi connectivity index (χ1v) is 11.5. The SMILES string of the molecule is Cc1ccc(N2c3ccc(C(C)(C)C)cc3C(C)(C)c3cc(C(C)(C)C)ccc32)cc1. The van der Waals surface area contributed by atoms with Crippen molar-refractivity contribution in [1.82, 2.24) is 0 Å². The van der Waals surface area contributed by atoms with Crippen molar-refractivity contribution in [2.75, 3.05) is 4.90 Å². The van der Waals surface area contributed by atoms with Crippen LogP contribution in [0, 0.1) is 6.92 Å². The van der Waals surface area contributed by atoms with Gasteiger partial charge in [-0.1, -0.05) is 97.4 Å². The average Bonchev–Trinajstić information content (AvgIpc) is 2.67. The van der Waals surface area contributed by atoms with Gasteiger partial charge in [0, 0.05) is 11.1 Å². The van der Waals surface area contributed by atoms with E-state index in [9.17, 15) is 0 Å². The fourth-order valence-electron chi connectivity index (χ4n) is 4.64. The Bertz CT molecular complexity index is 1050. The molecule has 0 atom stereocenters. The molecule has 1 heterocycles. The van der Waals surface area contributed by atoms with Crippen LogP contribution in [0.15, 0.2) is 60.7 Å². The van der Waals surface area contributed by atoms with Gasteiger partial charge in [-0.15, -0.1) is 0 Å². The van der Waals surface area contributed by atoms with Crippen LogP contribution in [0.5, 0.6) is 0 Å². The molecule has 0 amide bonds. The molecule has 0 radical (unpaired) electrons. The van der Waals surface area contributed by atoms with Crippen LogP contribution in [-0.4, -0.2) is 0 Å². The van der Waals surface area contributed by atoms with E-state index in [4.69, 9.17) is 0 Å². The maximum Gasteiger partial charge on any atom is 0.0502 e. The number of fused-ring (bicyclic) bond motifs is 2. The van der Waals surface area contributed by atoms with E-state index in [1.807, 2.05) is 0 Å². The summed E-state index contributed by atoms with van der Waals surface area (Å²) < 4.78 is 0. The highest BCUT2D eigenvalue weighted by atomic mass is 15.2. The zero-order valence-electron chi connectivity index (χ0n) is 20.7. The number of rotatable bonds is 1. The van der Waals surface area contributed by atoms with Crippen LogP contribution in [0.25, 0.3) is 0 Å². The van der Waals surface area contributed by atoms with Crippen molar-refractivity contribution in [3.63, 3.8) is 0 Å². The van der Waals surface area contributed by atoms with Gasteiger partial charge >= 0.3 is 0 Å². The summed E-state index contributed by atoms with van der Waals surface area (Å²) in [7, 11) is 0. The molecule has 1 aliphatic heterocycles. The van der Waals surface area contributed by atoms with Crippen molar-refractivity contribution in [2.45, 2.75) is 78.6 Å². The van der Waals surface area contributed by atoms with E-state index in [0.29, 0.717) is 0 Å². The van der Waals surface area contributed by atoms with Crippen LogP contribution < -0.4 is 4.90 Å². The summed E-state index contributed by atoms with van der Waals surface area (Å²) in [6.07, 6.45) is 0. The second-order valence-corrected chi connectivity index (χ2v) is 11.8. The van der Waals surface area contributed by atoms with Crippen molar-refractivity contribution in [2.24, 2.45) is 0 Å². The highest BCUT2D eigenvalue weighted by Gasteiger charge is 2.38. The summed E-state index contributed by atoms with van der Waals surface area (Å²) in [5, 5.41) is 0.